The predicted octanol–water partition coefficient (Wildman–Crippen LogP) is 4.90. The molecular weight excluding hydrogens is 382 g/mol. The highest BCUT2D eigenvalue weighted by Gasteiger charge is 2.29. The molecule has 0 saturated carbocycles. The van der Waals surface area contributed by atoms with Crippen molar-refractivity contribution in [3.63, 3.8) is 0 Å². The molecule has 3 heterocycles. The Bertz CT molecular complexity index is 1270. The third kappa shape index (κ3) is 3.30. The molecule has 1 unspecified atom stereocenters. The van der Waals surface area contributed by atoms with E-state index in [-0.39, 0.29) is 6.04 Å². The Morgan fingerprint density at radius 3 is 2.93 bits per heavy atom. The van der Waals surface area contributed by atoms with Crippen molar-refractivity contribution < 1.29 is 4.74 Å². The first-order valence-corrected chi connectivity index (χ1v) is 9.92. The molecule has 0 amide bonds. The van der Waals surface area contributed by atoms with E-state index in [1.54, 1.807) is 23.7 Å². The minimum absolute atomic E-state index is 0.199. The number of aromatic nitrogens is 2. The Morgan fingerprint density at radius 2 is 2.03 bits per heavy atom. The normalized spacial score (nSPS) is 16.0. The average Bonchev–Trinajstić information content (AvgIpc) is 3.18. The van der Waals surface area contributed by atoms with Crippen LogP contribution in [0.25, 0.3) is 21.1 Å². The van der Waals surface area contributed by atoms with Crippen LogP contribution in [-0.2, 0) is 0 Å². The monoisotopic (exact) mass is 397 g/mol. The lowest BCUT2D eigenvalue weighted by Gasteiger charge is -2.30. The summed E-state index contributed by atoms with van der Waals surface area (Å²) in [6.45, 7) is 0. The van der Waals surface area contributed by atoms with Crippen LogP contribution in [0.15, 0.2) is 78.1 Å². The highest BCUT2D eigenvalue weighted by atomic mass is 32.1. The van der Waals surface area contributed by atoms with Crippen molar-refractivity contribution in [2.45, 2.75) is 12.5 Å². The molecule has 5 rings (SSSR count). The summed E-state index contributed by atoms with van der Waals surface area (Å²) < 4.78 is 7.23. The Labute approximate surface area is 171 Å². The van der Waals surface area contributed by atoms with Crippen LogP contribution in [0.4, 0.5) is 5.13 Å². The van der Waals surface area contributed by atoms with E-state index < -0.39 is 0 Å². The molecule has 0 saturated heterocycles. The Kier molecular flexibility index (Phi) is 4.39. The molecule has 29 heavy (non-hydrogen) atoms. The maximum Gasteiger partial charge on any atom is 0.304 e. The molecule has 1 aliphatic heterocycles. The van der Waals surface area contributed by atoms with Crippen molar-refractivity contribution in [1.82, 2.24) is 9.97 Å². The van der Waals surface area contributed by atoms with E-state index in [0.29, 0.717) is 18.2 Å². The zero-order valence-corrected chi connectivity index (χ0v) is 16.1. The van der Waals surface area contributed by atoms with Crippen molar-refractivity contribution in [2.24, 2.45) is 4.99 Å². The summed E-state index contributed by atoms with van der Waals surface area (Å²) >= 11 is 1.55. The average molecular weight is 397 g/mol. The topological polar surface area (TPSA) is 74.4 Å². The van der Waals surface area contributed by atoms with Gasteiger partial charge in [-0.3, -0.25) is 9.88 Å². The van der Waals surface area contributed by atoms with E-state index >= 15 is 0 Å². The SMILES string of the molecule is N#CCC1C=CN=C(Oc2ccc3ncccc3c2)N1c1nc2ccccc2s1. The second kappa shape index (κ2) is 7.34. The molecule has 2 aromatic carbocycles. The van der Waals surface area contributed by atoms with Crippen molar-refractivity contribution in [3.8, 4) is 11.8 Å². The fraction of sp³-hybridized carbons (Fsp3) is 0.0909. The Hall–Kier alpha value is -3.76. The molecule has 2 aromatic heterocycles. The Morgan fingerprint density at radius 1 is 1.10 bits per heavy atom. The van der Waals surface area contributed by atoms with Gasteiger partial charge in [0.15, 0.2) is 5.13 Å². The van der Waals surface area contributed by atoms with Crippen LogP contribution in [0.3, 0.4) is 0 Å². The van der Waals surface area contributed by atoms with Gasteiger partial charge in [-0.2, -0.15) is 5.26 Å². The van der Waals surface area contributed by atoms with Gasteiger partial charge in [0.25, 0.3) is 0 Å². The summed E-state index contributed by atoms with van der Waals surface area (Å²) in [6.07, 6.45) is 5.65. The molecule has 0 bridgehead atoms. The summed E-state index contributed by atoms with van der Waals surface area (Å²) in [6, 6.07) is 20.0. The number of anilines is 1. The molecule has 4 aromatic rings. The van der Waals surface area contributed by atoms with Gasteiger partial charge >= 0.3 is 6.02 Å². The number of amidine groups is 1. The van der Waals surface area contributed by atoms with E-state index in [2.05, 4.69) is 16.0 Å². The van der Waals surface area contributed by atoms with Gasteiger partial charge in [0.05, 0.1) is 34.3 Å². The van der Waals surface area contributed by atoms with Crippen LogP contribution in [0.2, 0.25) is 0 Å². The number of para-hydroxylation sites is 1. The minimum atomic E-state index is -0.199. The van der Waals surface area contributed by atoms with Crippen LogP contribution in [0.5, 0.6) is 5.75 Å². The summed E-state index contributed by atoms with van der Waals surface area (Å²) in [5, 5.41) is 11.0. The third-order valence-electron chi connectivity index (χ3n) is 4.60. The van der Waals surface area contributed by atoms with Gasteiger partial charge < -0.3 is 4.74 Å². The molecule has 1 aliphatic rings. The molecule has 0 aliphatic carbocycles. The van der Waals surface area contributed by atoms with Gasteiger partial charge in [0.2, 0.25) is 0 Å². The maximum absolute atomic E-state index is 9.30. The summed E-state index contributed by atoms with van der Waals surface area (Å²) in [5.74, 6) is 0.654. The highest BCUT2D eigenvalue weighted by molar-refractivity contribution is 7.22. The zero-order valence-electron chi connectivity index (χ0n) is 15.3. The number of hydrogen-bond donors (Lipinski definition) is 0. The lowest BCUT2D eigenvalue weighted by Crippen LogP contribution is -2.43. The molecule has 1 atom stereocenters. The molecule has 7 heteroatoms. The van der Waals surface area contributed by atoms with Crippen LogP contribution < -0.4 is 9.64 Å². The second-order valence-corrected chi connectivity index (χ2v) is 7.49. The fourth-order valence-electron chi connectivity index (χ4n) is 3.23. The Balaban J connectivity index is 1.54. The number of hydrogen-bond acceptors (Lipinski definition) is 7. The van der Waals surface area contributed by atoms with Gasteiger partial charge in [0.1, 0.15) is 5.75 Å². The lowest BCUT2D eigenvalue weighted by molar-refractivity contribution is 0.521. The second-order valence-electron chi connectivity index (χ2n) is 6.48. The van der Waals surface area contributed by atoms with Crippen molar-refractivity contribution in [3.05, 3.63) is 73.1 Å². The zero-order chi connectivity index (χ0) is 19.6. The summed E-state index contributed by atoms with van der Waals surface area (Å²) in [4.78, 5) is 15.4. The number of pyridine rings is 1. The first-order chi connectivity index (χ1) is 14.3. The number of nitriles is 1. The van der Waals surface area contributed by atoms with Gasteiger partial charge in [0, 0.05) is 17.8 Å². The van der Waals surface area contributed by atoms with E-state index in [1.807, 2.05) is 65.6 Å². The van der Waals surface area contributed by atoms with Gasteiger partial charge in [-0.25, -0.2) is 9.98 Å². The van der Waals surface area contributed by atoms with Gasteiger partial charge in [-0.05, 0) is 42.5 Å². The van der Waals surface area contributed by atoms with Crippen molar-refractivity contribution >= 4 is 43.6 Å². The predicted molar refractivity (Wildman–Crippen MR) is 115 cm³/mol. The number of nitrogens with zero attached hydrogens (tertiary/aromatic N) is 5. The summed E-state index contributed by atoms with van der Waals surface area (Å²) in [7, 11) is 0. The van der Waals surface area contributed by atoms with E-state index in [1.165, 1.54) is 0 Å². The van der Waals surface area contributed by atoms with Crippen molar-refractivity contribution in [1.29, 1.82) is 5.26 Å². The number of ether oxygens (including phenoxy) is 1. The minimum Gasteiger partial charge on any atom is -0.425 e. The molecular formula is C22H15N5OS. The smallest absolute Gasteiger partial charge is 0.304 e. The number of fused-ring (bicyclic) bond motifs is 2. The quantitative estimate of drug-likeness (QED) is 0.492. The van der Waals surface area contributed by atoms with Crippen LogP contribution in [0, 0.1) is 11.3 Å². The number of thiazole rings is 1. The third-order valence-corrected chi connectivity index (χ3v) is 5.64. The summed E-state index contributed by atoms with van der Waals surface area (Å²) in [5.41, 5.74) is 1.81. The highest BCUT2D eigenvalue weighted by Crippen LogP contribution is 2.32. The molecule has 0 radical (unpaired) electrons. The first kappa shape index (κ1) is 17.3. The van der Waals surface area contributed by atoms with Gasteiger partial charge in [-0.15, -0.1) is 0 Å². The molecule has 0 fully saturated rings. The standard InChI is InChI=1S/C22H15N5OS/c23-11-9-16-10-13-25-21(27(16)22-26-19-5-1-2-6-20(19)29-22)28-17-7-8-18-15(14-17)4-3-12-24-18/h1-8,10,12-14,16H,9H2. The number of aliphatic imine (C=N–C) groups is 1. The van der Waals surface area contributed by atoms with Gasteiger partial charge in [-0.1, -0.05) is 29.5 Å². The van der Waals surface area contributed by atoms with E-state index in [0.717, 1.165) is 26.3 Å². The van der Waals surface area contributed by atoms with Crippen LogP contribution in [0.1, 0.15) is 6.42 Å². The first-order valence-electron chi connectivity index (χ1n) is 9.11. The number of rotatable bonds is 3. The molecule has 0 N–H and O–H groups in total. The maximum atomic E-state index is 9.30. The lowest BCUT2D eigenvalue weighted by atomic mass is 10.2. The molecule has 6 nitrogen and oxygen atoms in total. The largest absolute Gasteiger partial charge is 0.425 e. The molecule has 140 valence electrons. The fourth-order valence-corrected chi connectivity index (χ4v) is 4.25. The molecule has 0 spiro atoms. The van der Waals surface area contributed by atoms with E-state index in [9.17, 15) is 5.26 Å². The van der Waals surface area contributed by atoms with Crippen LogP contribution in [-0.4, -0.2) is 22.0 Å². The van der Waals surface area contributed by atoms with Crippen molar-refractivity contribution in [2.75, 3.05) is 4.90 Å². The number of benzene rings is 2. The van der Waals surface area contributed by atoms with E-state index in [4.69, 9.17) is 9.72 Å². The van der Waals surface area contributed by atoms with Crippen LogP contribution >= 0.6 is 11.3 Å².